The zero-order valence-electron chi connectivity index (χ0n) is 10.8. The number of rotatable bonds is 8. The lowest BCUT2D eigenvalue weighted by molar-refractivity contribution is 0.0112. The van der Waals surface area contributed by atoms with E-state index in [9.17, 15) is 0 Å². The molecular formula is C13H28N2O. The summed E-state index contributed by atoms with van der Waals surface area (Å²) in [6.45, 7) is 7.34. The summed E-state index contributed by atoms with van der Waals surface area (Å²) in [6.07, 6.45) is 8.31. The van der Waals surface area contributed by atoms with E-state index in [1.807, 2.05) is 0 Å². The minimum atomic E-state index is 0.468. The third-order valence-electron chi connectivity index (χ3n) is 3.33. The average Bonchev–Trinajstić information content (AvgIpc) is 2.33. The number of nitrogens with two attached hydrogens (primary N) is 1. The maximum absolute atomic E-state index is 5.67. The van der Waals surface area contributed by atoms with E-state index in [4.69, 9.17) is 10.5 Å². The monoisotopic (exact) mass is 228 g/mol. The zero-order valence-corrected chi connectivity index (χ0v) is 10.8. The van der Waals surface area contributed by atoms with Gasteiger partial charge in [0.15, 0.2) is 0 Å². The van der Waals surface area contributed by atoms with Crippen LogP contribution in [0.25, 0.3) is 0 Å². The van der Waals surface area contributed by atoms with Crippen LogP contribution in [-0.4, -0.2) is 43.8 Å². The highest BCUT2D eigenvalue weighted by molar-refractivity contribution is 4.72. The molecule has 0 radical (unpaired) electrons. The van der Waals surface area contributed by atoms with Crippen LogP contribution in [-0.2, 0) is 4.74 Å². The Hall–Kier alpha value is -0.120. The van der Waals surface area contributed by atoms with E-state index in [2.05, 4.69) is 11.8 Å². The first-order chi connectivity index (χ1) is 7.86. The smallest absolute Gasteiger partial charge is 0.0600 e. The maximum Gasteiger partial charge on any atom is 0.0600 e. The van der Waals surface area contributed by atoms with Gasteiger partial charge in [-0.3, -0.25) is 0 Å². The lowest BCUT2D eigenvalue weighted by Crippen LogP contribution is -2.38. The van der Waals surface area contributed by atoms with Crippen LogP contribution >= 0.6 is 0 Å². The first kappa shape index (κ1) is 13.9. The van der Waals surface area contributed by atoms with E-state index in [-0.39, 0.29) is 0 Å². The normalized spacial score (nSPS) is 19.1. The first-order valence-electron chi connectivity index (χ1n) is 6.90. The Bertz CT molecular complexity index is 156. The molecule has 3 nitrogen and oxygen atoms in total. The van der Waals surface area contributed by atoms with Gasteiger partial charge in [-0.05, 0) is 25.8 Å². The third kappa shape index (κ3) is 5.83. The SMILES string of the molecule is CCCCCCN1CCC(OCCN)CC1. The average molecular weight is 228 g/mol. The Kier molecular flexibility index (Phi) is 7.81. The molecule has 0 bridgehead atoms. The molecule has 1 heterocycles. The van der Waals surface area contributed by atoms with E-state index >= 15 is 0 Å². The van der Waals surface area contributed by atoms with E-state index in [0.717, 1.165) is 6.61 Å². The van der Waals surface area contributed by atoms with Gasteiger partial charge in [-0.25, -0.2) is 0 Å². The molecule has 1 aliphatic heterocycles. The molecule has 0 aliphatic carbocycles. The number of unbranched alkanes of at least 4 members (excludes halogenated alkanes) is 3. The summed E-state index contributed by atoms with van der Waals surface area (Å²) in [4.78, 5) is 2.58. The molecule has 0 aromatic heterocycles. The van der Waals surface area contributed by atoms with E-state index in [1.54, 1.807) is 0 Å². The molecule has 96 valence electrons. The molecule has 1 fully saturated rings. The highest BCUT2D eigenvalue weighted by atomic mass is 16.5. The molecular weight excluding hydrogens is 200 g/mol. The molecule has 0 saturated carbocycles. The molecule has 3 heteroatoms. The van der Waals surface area contributed by atoms with Crippen LogP contribution in [0, 0.1) is 0 Å². The van der Waals surface area contributed by atoms with Crippen LogP contribution < -0.4 is 5.73 Å². The van der Waals surface area contributed by atoms with Gasteiger partial charge < -0.3 is 15.4 Å². The van der Waals surface area contributed by atoms with E-state index in [0.29, 0.717) is 12.6 Å². The largest absolute Gasteiger partial charge is 0.377 e. The quantitative estimate of drug-likeness (QED) is 0.646. The van der Waals surface area contributed by atoms with Gasteiger partial charge in [-0.2, -0.15) is 0 Å². The number of hydrogen-bond donors (Lipinski definition) is 1. The number of ether oxygens (including phenoxy) is 1. The van der Waals surface area contributed by atoms with Crippen molar-refractivity contribution in [1.29, 1.82) is 0 Å². The van der Waals surface area contributed by atoms with Crippen LogP contribution in [0.5, 0.6) is 0 Å². The van der Waals surface area contributed by atoms with Crippen molar-refractivity contribution in [3.05, 3.63) is 0 Å². The Labute approximate surface area is 100 Å². The molecule has 0 amide bonds. The Morgan fingerprint density at radius 2 is 1.94 bits per heavy atom. The van der Waals surface area contributed by atoms with Crippen LogP contribution in [0.2, 0.25) is 0 Å². The molecule has 0 spiro atoms. The zero-order chi connectivity index (χ0) is 11.6. The maximum atomic E-state index is 5.67. The fourth-order valence-corrected chi connectivity index (χ4v) is 2.30. The highest BCUT2D eigenvalue weighted by Crippen LogP contribution is 2.14. The summed E-state index contributed by atoms with van der Waals surface area (Å²) in [5, 5.41) is 0. The second-order valence-corrected chi connectivity index (χ2v) is 4.76. The molecule has 0 atom stereocenters. The van der Waals surface area contributed by atoms with Crippen LogP contribution in [0.15, 0.2) is 0 Å². The van der Waals surface area contributed by atoms with Crippen molar-refractivity contribution in [3.8, 4) is 0 Å². The summed E-state index contributed by atoms with van der Waals surface area (Å²) in [5.41, 5.74) is 5.43. The lowest BCUT2D eigenvalue weighted by atomic mass is 10.1. The molecule has 0 aromatic rings. The second-order valence-electron chi connectivity index (χ2n) is 4.76. The predicted octanol–water partition coefficient (Wildman–Crippen LogP) is 2.01. The Balaban J connectivity index is 1.98. The summed E-state index contributed by atoms with van der Waals surface area (Å²) >= 11 is 0. The molecule has 1 aliphatic rings. The second kappa shape index (κ2) is 8.97. The number of likely N-dealkylation sites (tertiary alicyclic amines) is 1. The molecule has 1 saturated heterocycles. The summed E-state index contributed by atoms with van der Waals surface area (Å²) in [6, 6.07) is 0. The lowest BCUT2D eigenvalue weighted by Gasteiger charge is -2.31. The van der Waals surface area contributed by atoms with Crippen LogP contribution in [0.4, 0.5) is 0 Å². The van der Waals surface area contributed by atoms with Crippen LogP contribution in [0.1, 0.15) is 45.4 Å². The van der Waals surface area contributed by atoms with Crippen molar-refractivity contribution in [2.75, 3.05) is 32.8 Å². The Morgan fingerprint density at radius 1 is 1.19 bits per heavy atom. The van der Waals surface area contributed by atoms with Crippen molar-refractivity contribution < 1.29 is 4.74 Å². The van der Waals surface area contributed by atoms with Gasteiger partial charge >= 0.3 is 0 Å². The van der Waals surface area contributed by atoms with Crippen molar-refractivity contribution in [1.82, 2.24) is 4.90 Å². The molecule has 1 rings (SSSR count). The topological polar surface area (TPSA) is 38.5 Å². The number of nitrogens with zero attached hydrogens (tertiary/aromatic N) is 1. The summed E-state index contributed by atoms with van der Waals surface area (Å²) in [5.74, 6) is 0. The molecule has 0 unspecified atom stereocenters. The van der Waals surface area contributed by atoms with Gasteiger partial charge in [0.25, 0.3) is 0 Å². The highest BCUT2D eigenvalue weighted by Gasteiger charge is 2.18. The standard InChI is InChI=1S/C13H28N2O/c1-2-3-4-5-9-15-10-6-13(7-11-15)16-12-8-14/h13H,2-12,14H2,1H3. The van der Waals surface area contributed by atoms with Gasteiger partial charge in [-0.15, -0.1) is 0 Å². The third-order valence-corrected chi connectivity index (χ3v) is 3.33. The first-order valence-corrected chi connectivity index (χ1v) is 6.90. The van der Waals surface area contributed by atoms with Crippen molar-refractivity contribution in [2.45, 2.75) is 51.6 Å². The van der Waals surface area contributed by atoms with Crippen molar-refractivity contribution in [3.63, 3.8) is 0 Å². The van der Waals surface area contributed by atoms with E-state index < -0.39 is 0 Å². The van der Waals surface area contributed by atoms with Gasteiger partial charge in [0.05, 0.1) is 12.7 Å². The minimum absolute atomic E-state index is 0.468. The van der Waals surface area contributed by atoms with Gasteiger partial charge in [0.2, 0.25) is 0 Å². The Morgan fingerprint density at radius 3 is 2.56 bits per heavy atom. The molecule has 2 N–H and O–H groups in total. The number of piperidine rings is 1. The molecule has 16 heavy (non-hydrogen) atoms. The van der Waals surface area contributed by atoms with E-state index in [1.165, 1.54) is 58.2 Å². The van der Waals surface area contributed by atoms with Crippen molar-refractivity contribution in [2.24, 2.45) is 5.73 Å². The van der Waals surface area contributed by atoms with Gasteiger partial charge in [0, 0.05) is 19.6 Å². The van der Waals surface area contributed by atoms with Gasteiger partial charge in [-0.1, -0.05) is 26.2 Å². The summed E-state index contributed by atoms with van der Waals surface area (Å²) in [7, 11) is 0. The van der Waals surface area contributed by atoms with Gasteiger partial charge in [0.1, 0.15) is 0 Å². The predicted molar refractivity (Wildman–Crippen MR) is 68.6 cm³/mol. The number of hydrogen-bond acceptors (Lipinski definition) is 3. The minimum Gasteiger partial charge on any atom is -0.377 e. The van der Waals surface area contributed by atoms with Crippen molar-refractivity contribution >= 4 is 0 Å². The fourth-order valence-electron chi connectivity index (χ4n) is 2.30. The fraction of sp³-hybridized carbons (Fsp3) is 1.00. The van der Waals surface area contributed by atoms with Crippen LogP contribution in [0.3, 0.4) is 0 Å². The summed E-state index contributed by atoms with van der Waals surface area (Å²) < 4.78 is 5.67. The molecule has 0 aromatic carbocycles.